The van der Waals surface area contributed by atoms with Gasteiger partial charge in [0.15, 0.2) is 0 Å². The quantitative estimate of drug-likeness (QED) is 0.739. The van der Waals surface area contributed by atoms with E-state index in [1.54, 1.807) is 11.9 Å². The maximum Gasteiger partial charge on any atom is 0.239 e. The van der Waals surface area contributed by atoms with Crippen LogP contribution in [0.3, 0.4) is 0 Å². The molecule has 2 saturated carbocycles. The first-order valence-corrected chi connectivity index (χ1v) is 7.82. The van der Waals surface area contributed by atoms with Crippen molar-refractivity contribution in [2.24, 2.45) is 11.1 Å². The first kappa shape index (κ1) is 15.3. The SMILES string of the molecule is CN(CC(=O)NC1CC1)C(=O)C1(CN)CCCCCC1. The third-order valence-electron chi connectivity index (χ3n) is 4.58. The molecule has 20 heavy (non-hydrogen) atoms. The number of nitrogens with zero attached hydrogens (tertiary/aromatic N) is 1. The van der Waals surface area contributed by atoms with Crippen molar-refractivity contribution in [2.75, 3.05) is 20.1 Å². The molecule has 0 aromatic carbocycles. The number of nitrogens with two attached hydrogens (primary N) is 1. The first-order chi connectivity index (χ1) is 9.57. The van der Waals surface area contributed by atoms with Crippen LogP contribution in [0.1, 0.15) is 51.4 Å². The Bertz CT molecular complexity index is 358. The van der Waals surface area contributed by atoms with E-state index < -0.39 is 5.41 Å². The summed E-state index contributed by atoms with van der Waals surface area (Å²) in [7, 11) is 1.72. The Labute approximate surface area is 121 Å². The number of amides is 2. The van der Waals surface area contributed by atoms with Crippen LogP contribution in [0.2, 0.25) is 0 Å². The monoisotopic (exact) mass is 281 g/mol. The summed E-state index contributed by atoms with van der Waals surface area (Å²) in [6.07, 6.45) is 8.33. The van der Waals surface area contributed by atoms with E-state index in [1.807, 2.05) is 0 Å². The number of nitrogens with one attached hydrogen (secondary N) is 1. The third kappa shape index (κ3) is 3.72. The Morgan fingerprint density at radius 3 is 2.30 bits per heavy atom. The van der Waals surface area contributed by atoms with E-state index in [4.69, 9.17) is 5.73 Å². The highest BCUT2D eigenvalue weighted by Crippen LogP contribution is 2.35. The minimum Gasteiger partial charge on any atom is -0.352 e. The Morgan fingerprint density at radius 1 is 1.20 bits per heavy atom. The fourth-order valence-corrected chi connectivity index (χ4v) is 3.10. The Morgan fingerprint density at radius 2 is 1.80 bits per heavy atom. The lowest BCUT2D eigenvalue weighted by atomic mass is 9.79. The molecule has 0 atom stereocenters. The van der Waals surface area contributed by atoms with E-state index in [2.05, 4.69) is 5.32 Å². The van der Waals surface area contributed by atoms with Gasteiger partial charge >= 0.3 is 0 Å². The van der Waals surface area contributed by atoms with Gasteiger partial charge in [0.05, 0.1) is 12.0 Å². The summed E-state index contributed by atoms with van der Waals surface area (Å²) in [6, 6.07) is 0.340. The van der Waals surface area contributed by atoms with Gasteiger partial charge in [0.2, 0.25) is 11.8 Å². The molecule has 5 heteroatoms. The summed E-state index contributed by atoms with van der Waals surface area (Å²) >= 11 is 0. The molecule has 2 rings (SSSR count). The van der Waals surface area contributed by atoms with Crippen molar-refractivity contribution in [1.29, 1.82) is 0 Å². The molecule has 2 fully saturated rings. The number of hydrogen-bond donors (Lipinski definition) is 2. The van der Waals surface area contributed by atoms with Crippen molar-refractivity contribution in [1.82, 2.24) is 10.2 Å². The van der Waals surface area contributed by atoms with Crippen LogP contribution in [0, 0.1) is 5.41 Å². The molecule has 0 aromatic rings. The summed E-state index contributed by atoms with van der Waals surface area (Å²) in [5.41, 5.74) is 5.48. The standard InChI is InChI=1S/C15H27N3O2/c1-18(10-13(19)17-12-6-7-12)14(20)15(11-16)8-4-2-3-5-9-15/h12H,2-11,16H2,1H3,(H,17,19). The summed E-state index contributed by atoms with van der Waals surface area (Å²) < 4.78 is 0. The van der Waals surface area contributed by atoms with E-state index in [0.29, 0.717) is 12.6 Å². The molecule has 3 N–H and O–H groups in total. The van der Waals surface area contributed by atoms with Crippen LogP contribution in [0.5, 0.6) is 0 Å². The van der Waals surface area contributed by atoms with Crippen molar-refractivity contribution >= 4 is 11.8 Å². The molecule has 0 saturated heterocycles. The second-order valence-corrected chi connectivity index (χ2v) is 6.40. The predicted octanol–water partition coefficient (Wildman–Crippen LogP) is 1.02. The fourth-order valence-electron chi connectivity index (χ4n) is 3.10. The van der Waals surface area contributed by atoms with Gasteiger partial charge in [-0.25, -0.2) is 0 Å². The van der Waals surface area contributed by atoms with Gasteiger partial charge in [-0.2, -0.15) is 0 Å². The minimum absolute atomic E-state index is 0.0489. The second kappa shape index (κ2) is 6.57. The van der Waals surface area contributed by atoms with E-state index in [9.17, 15) is 9.59 Å². The van der Waals surface area contributed by atoms with Gasteiger partial charge in [0.1, 0.15) is 0 Å². The highest BCUT2D eigenvalue weighted by atomic mass is 16.2. The number of likely N-dealkylation sites (N-methyl/N-ethyl adjacent to an activating group) is 1. The van der Waals surface area contributed by atoms with Crippen LogP contribution in [0.4, 0.5) is 0 Å². The number of hydrogen-bond acceptors (Lipinski definition) is 3. The molecule has 2 amide bonds. The Hall–Kier alpha value is -1.10. The van der Waals surface area contributed by atoms with Gasteiger partial charge in [0, 0.05) is 19.6 Å². The van der Waals surface area contributed by atoms with E-state index in [0.717, 1.165) is 38.5 Å². The average Bonchev–Trinajstić information content (AvgIpc) is 3.24. The zero-order chi connectivity index (χ0) is 14.6. The van der Waals surface area contributed by atoms with Gasteiger partial charge in [0.25, 0.3) is 0 Å². The molecule has 0 unspecified atom stereocenters. The average molecular weight is 281 g/mol. The molecule has 5 nitrogen and oxygen atoms in total. The zero-order valence-corrected chi connectivity index (χ0v) is 12.5. The van der Waals surface area contributed by atoms with Crippen LogP contribution in [0.25, 0.3) is 0 Å². The highest BCUT2D eigenvalue weighted by Gasteiger charge is 2.39. The molecule has 0 spiro atoms. The molecule has 0 aromatic heterocycles. The van der Waals surface area contributed by atoms with Crippen LogP contribution >= 0.6 is 0 Å². The topological polar surface area (TPSA) is 75.4 Å². The molecule has 0 radical (unpaired) electrons. The Balaban J connectivity index is 1.93. The zero-order valence-electron chi connectivity index (χ0n) is 12.5. The molecule has 0 bridgehead atoms. The molecule has 0 aliphatic heterocycles. The molecular formula is C15H27N3O2. The largest absolute Gasteiger partial charge is 0.352 e. The van der Waals surface area contributed by atoms with Crippen molar-refractivity contribution in [2.45, 2.75) is 57.4 Å². The van der Waals surface area contributed by atoms with Crippen molar-refractivity contribution < 1.29 is 9.59 Å². The van der Waals surface area contributed by atoms with E-state index in [-0.39, 0.29) is 18.4 Å². The van der Waals surface area contributed by atoms with Gasteiger partial charge in [-0.05, 0) is 25.7 Å². The normalized spacial score (nSPS) is 21.9. The lowest BCUT2D eigenvalue weighted by molar-refractivity contribution is -0.144. The minimum atomic E-state index is -0.439. The second-order valence-electron chi connectivity index (χ2n) is 6.40. The van der Waals surface area contributed by atoms with E-state index >= 15 is 0 Å². The van der Waals surface area contributed by atoms with E-state index in [1.165, 1.54) is 12.8 Å². The fraction of sp³-hybridized carbons (Fsp3) is 0.867. The maximum absolute atomic E-state index is 12.7. The van der Waals surface area contributed by atoms with Gasteiger partial charge in [-0.1, -0.05) is 25.7 Å². The number of rotatable bonds is 5. The summed E-state index contributed by atoms with van der Waals surface area (Å²) in [5.74, 6) is -0.00279. The summed E-state index contributed by atoms with van der Waals surface area (Å²) in [6.45, 7) is 0.539. The Kier molecular flexibility index (Phi) is 5.02. The summed E-state index contributed by atoms with van der Waals surface area (Å²) in [5, 5.41) is 2.92. The van der Waals surface area contributed by atoms with Crippen LogP contribution in [-0.2, 0) is 9.59 Å². The maximum atomic E-state index is 12.7. The molecule has 114 valence electrons. The first-order valence-electron chi connectivity index (χ1n) is 7.82. The molecule has 2 aliphatic carbocycles. The molecule has 2 aliphatic rings. The van der Waals surface area contributed by atoms with Crippen LogP contribution in [-0.4, -0.2) is 42.9 Å². The molecular weight excluding hydrogens is 254 g/mol. The predicted molar refractivity (Wildman–Crippen MR) is 78.0 cm³/mol. The number of carbonyl (C=O) groups excluding carboxylic acids is 2. The third-order valence-corrected chi connectivity index (χ3v) is 4.58. The van der Waals surface area contributed by atoms with Gasteiger partial charge in [-0.3, -0.25) is 9.59 Å². The lowest BCUT2D eigenvalue weighted by Gasteiger charge is -2.34. The van der Waals surface area contributed by atoms with Crippen molar-refractivity contribution in [3.63, 3.8) is 0 Å². The number of carbonyl (C=O) groups is 2. The van der Waals surface area contributed by atoms with Crippen molar-refractivity contribution in [3.05, 3.63) is 0 Å². The van der Waals surface area contributed by atoms with Crippen LogP contribution in [0.15, 0.2) is 0 Å². The lowest BCUT2D eigenvalue weighted by Crippen LogP contribution is -2.49. The van der Waals surface area contributed by atoms with Gasteiger partial charge in [-0.15, -0.1) is 0 Å². The molecule has 0 heterocycles. The van der Waals surface area contributed by atoms with Gasteiger partial charge < -0.3 is 16.0 Å². The highest BCUT2D eigenvalue weighted by molar-refractivity contribution is 5.88. The van der Waals surface area contributed by atoms with Crippen LogP contribution < -0.4 is 11.1 Å². The smallest absolute Gasteiger partial charge is 0.239 e. The summed E-state index contributed by atoms with van der Waals surface area (Å²) in [4.78, 5) is 26.1. The van der Waals surface area contributed by atoms with Crippen molar-refractivity contribution in [3.8, 4) is 0 Å².